The van der Waals surface area contributed by atoms with Crippen molar-refractivity contribution in [3.8, 4) is 18.1 Å². The molecule has 2 aromatic carbocycles. The maximum Gasteiger partial charge on any atom is 0.269 e. The van der Waals surface area contributed by atoms with Crippen molar-refractivity contribution < 1.29 is 14.3 Å². The summed E-state index contributed by atoms with van der Waals surface area (Å²) >= 11 is 5.86. The van der Waals surface area contributed by atoms with E-state index < -0.39 is 0 Å². The minimum atomic E-state index is -0.382. The molecule has 2 amide bonds. The molecule has 0 bridgehead atoms. The summed E-state index contributed by atoms with van der Waals surface area (Å²) in [5, 5.41) is 0.650. The highest BCUT2D eigenvalue weighted by molar-refractivity contribution is 6.30. The topological polar surface area (TPSA) is 70.7 Å². The highest BCUT2D eigenvalue weighted by Crippen LogP contribution is 2.18. The summed E-state index contributed by atoms with van der Waals surface area (Å²) in [6.07, 6.45) is 8.10. The van der Waals surface area contributed by atoms with Gasteiger partial charge in [-0.2, -0.15) is 0 Å². The first-order valence-electron chi connectivity index (χ1n) is 9.82. The van der Waals surface area contributed by atoms with Gasteiger partial charge in [0.2, 0.25) is 0 Å². The third-order valence-corrected chi connectivity index (χ3v) is 5.20. The Morgan fingerprint density at radius 2 is 1.83 bits per heavy atom. The number of terminal acetylenes is 1. The second kappa shape index (κ2) is 10.7. The summed E-state index contributed by atoms with van der Waals surface area (Å²) < 4.78 is 5.69. The fourth-order valence-corrected chi connectivity index (χ4v) is 3.44. The van der Waals surface area contributed by atoms with Crippen LogP contribution in [0.5, 0.6) is 5.75 Å². The minimum Gasteiger partial charge on any atom is -0.489 e. The molecule has 0 aliphatic carbocycles. The molecule has 1 fully saturated rings. The van der Waals surface area contributed by atoms with Crippen molar-refractivity contribution in [2.75, 3.05) is 13.1 Å². The van der Waals surface area contributed by atoms with Gasteiger partial charge in [0.1, 0.15) is 12.4 Å². The van der Waals surface area contributed by atoms with E-state index in [2.05, 4.69) is 16.8 Å². The largest absolute Gasteiger partial charge is 0.489 e. The number of nitrogens with zero attached hydrogens (tertiary/aromatic N) is 1. The minimum absolute atomic E-state index is 0.244. The van der Waals surface area contributed by atoms with Crippen LogP contribution in [-0.2, 0) is 11.4 Å². The Labute approximate surface area is 181 Å². The number of piperidine rings is 1. The van der Waals surface area contributed by atoms with E-state index in [4.69, 9.17) is 22.8 Å². The standard InChI is InChI=1S/C23H24ClN3O3/c1-2-14-27-15-4-3-5-21(27)23(29)26-25-22(28)18-8-6-17(7-9-18)16-30-20-12-10-19(24)11-13-20/h1,6-13,21H,3-5,14-16H2,(H,25,28)(H,26,29). The molecule has 30 heavy (non-hydrogen) atoms. The van der Waals surface area contributed by atoms with Gasteiger partial charge in [-0.05, 0) is 61.3 Å². The number of benzene rings is 2. The Bertz CT molecular complexity index is 907. The zero-order chi connectivity index (χ0) is 21.3. The lowest BCUT2D eigenvalue weighted by atomic mass is 10.0. The van der Waals surface area contributed by atoms with Crippen LogP contribution in [0.3, 0.4) is 0 Å². The Morgan fingerprint density at radius 1 is 1.10 bits per heavy atom. The summed E-state index contributed by atoms with van der Waals surface area (Å²) in [4.78, 5) is 26.8. The molecular formula is C23H24ClN3O3. The van der Waals surface area contributed by atoms with Crippen LogP contribution >= 0.6 is 11.6 Å². The quantitative estimate of drug-likeness (QED) is 0.551. The molecule has 2 N–H and O–H groups in total. The van der Waals surface area contributed by atoms with Crippen LogP contribution in [0.4, 0.5) is 0 Å². The van der Waals surface area contributed by atoms with Crippen LogP contribution in [-0.4, -0.2) is 35.8 Å². The molecule has 1 aliphatic rings. The first-order valence-corrected chi connectivity index (χ1v) is 10.2. The van der Waals surface area contributed by atoms with Crippen LogP contribution < -0.4 is 15.6 Å². The zero-order valence-electron chi connectivity index (χ0n) is 16.6. The summed E-state index contributed by atoms with van der Waals surface area (Å²) in [7, 11) is 0. The third-order valence-electron chi connectivity index (χ3n) is 4.95. The van der Waals surface area contributed by atoms with Crippen molar-refractivity contribution in [1.82, 2.24) is 15.8 Å². The van der Waals surface area contributed by atoms with E-state index in [1.807, 2.05) is 17.0 Å². The number of rotatable bonds is 6. The fourth-order valence-electron chi connectivity index (χ4n) is 3.32. The first kappa shape index (κ1) is 21.7. The predicted octanol–water partition coefficient (Wildman–Crippen LogP) is 3.17. The zero-order valence-corrected chi connectivity index (χ0v) is 17.3. The van der Waals surface area contributed by atoms with Crippen LogP contribution in [0.15, 0.2) is 48.5 Å². The number of hydrazine groups is 1. The molecule has 1 saturated heterocycles. The van der Waals surface area contributed by atoms with Crippen LogP contribution in [0.1, 0.15) is 35.2 Å². The van der Waals surface area contributed by atoms with Gasteiger partial charge in [0.25, 0.3) is 11.8 Å². The average molecular weight is 426 g/mol. The number of likely N-dealkylation sites (tertiary alicyclic amines) is 1. The van der Waals surface area contributed by atoms with Gasteiger partial charge < -0.3 is 4.74 Å². The Balaban J connectivity index is 1.48. The van der Waals surface area contributed by atoms with Gasteiger partial charge >= 0.3 is 0 Å². The second-order valence-corrected chi connectivity index (χ2v) is 7.51. The number of hydrogen-bond acceptors (Lipinski definition) is 4. The van der Waals surface area contributed by atoms with Crippen molar-refractivity contribution in [1.29, 1.82) is 0 Å². The smallest absolute Gasteiger partial charge is 0.269 e. The van der Waals surface area contributed by atoms with Crippen LogP contribution in [0, 0.1) is 12.3 Å². The van der Waals surface area contributed by atoms with E-state index in [9.17, 15) is 9.59 Å². The lowest BCUT2D eigenvalue weighted by Gasteiger charge is -2.33. The van der Waals surface area contributed by atoms with Gasteiger partial charge in [-0.3, -0.25) is 25.3 Å². The molecule has 1 unspecified atom stereocenters. The van der Waals surface area contributed by atoms with E-state index >= 15 is 0 Å². The molecule has 6 nitrogen and oxygen atoms in total. The molecule has 7 heteroatoms. The summed E-state index contributed by atoms with van der Waals surface area (Å²) in [5.41, 5.74) is 6.36. The molecule has 1 aliphatic heterocycles. The van der Waals surface area contributed by atoms with Crippen molar-refractivity contribution in [3.05, 3.63) is 64.7 Å². The molecule has 0 aromatic heterocycles. The number of carbonyl (C=O) groups is 2. The van der Waals surface area contributed by atoms with Gasteiger partial charge in [-0.15, -0.1) is 6.42 Å². The third kappa shape index (κ3) is 5.99. The van der Waals surface area contributed by atoms with Gasteiger partial charge in [-0.25, -0.2) is 0 Å². The van der Waals surface area contributed by atoms with E-state index in [1.165, 1.54) is 0 Å². The summed E-state index contributed by atoms with van der Waals surface area (Å²) in [6.45, 7) is 1.58. The van der Waals surface area contributed by atoms with Gasteiger partial charge in [-0.1, -0.05) is 36.1 Å². The van der Waals surface area contributed by atoms with E-state index in [0.29, 0.717) is 29.5 Å². The van der Waals surface area contributed by atoms with Gasteiger partial charge in [0.15, 0.2) is 0 Å². The summed E-state index contributed by atoms with van der Waals surface area (Å²) in [5.74, 6) is 2.67. The maximum absolute atomic E-state index is 12.5. The molecule has 1 atom stereocenters. The molecule has 0 saturated carbocycles. The van der Waals surface area contributed by atoms with Crippen LogP contribution in [0.25, 0.3) is 0 Å². The molecule has 0 spiro atoms. The normalized spacial score (nSPS) is 16.3. The molecule has 1 heterocycles. The molecule has 2 aromatic rings. The Morgan fingerprint density at radius 3 is 2.53 bits per heavy atom. The number of carbonyl (C=O) groups excluding carboxylic acids is 2. The van der Waals surface area contributed by atoms with Crippen molar-refractivity contribution in [2.24, 2.45) is 0 Å². The van der Waals surface area contributed by atoms with Crippen LogP contribution in [0.2, 0.25) is 5.02 Å². The number of nitrogens with one attached hydrogen (secondary N) is 2. The highest BCUT2D eigenvalue weighted by atomic mass is 35.5. The number of halogens is 1. The van der Waals surface area contributed by atoms with Gasteiger partial charge in [0.05, 0.1) is 12.6 Å². The first-order chi connectivity index (χ1) is 14.6. The average Bonchev–Trinajstić information content (AvgIpc) is 2.78. The maximum atomic E-state index is 12.5. The highest BCUT2D eigenvalue weighted by Gasteiger charge is 2.28. The molecule has 0 radical (unpaired) electrons. The fraction of sp³-hybridized carbons (Fsp3) is 0.304. The number of ether oxygens (including phenoxy) is 1. The monoisotopic (exact) mass is 425 g/mol. The Kier molecular flexibility index (Phi) is 7.72. The molecule has 156 valence electrons. The van der Waals surface area contributed by atoms with Gasteiger partial charge in [0, 0.05) is 10.6 Å². The van der Waals surface area contributed by atoms with E-state index in [1.54, 1.807) is 36.4 Å². The lowest BCUT2D eigenvalue weighted by molar-refractivity contribution is -0.128. The number of hydrogen-bond donors (Lipinski definition) is 2. The van der Waals surface area contributed by atoms with Crippen molar-refractivity contribution >= 4 is 23.4 Å². The summed E-state index contributed by atoms with van der Waals surface area (Å²) in [6, 6.07) is 13.8. The van der Waals surface area contributed by atoms with Crippen molar-refractivity contribution in [2.45, 2.75) is 31.9 Å². The molecule has 3 rings (SSSR count). The molecular weight excluding hydrogens is 402 g/mol. The van der Waals surface area contributed by atoms with E-state index in [-0.39, 0.29) is 17.9 Å². The predicted molar refractivity (Wildman–Crippen MR) is 116 cm³/mol. The van der Waals surface area contributed by atoms with E-state index in [0.717, 1.165) is 31.4 Å². The van der Waals surface area contributed by atoms with Crippen molar-refractivity contribution in [3.63, 3.8) is 0 Å². The number of amides is 2. The second-order valence-electron chi connectivity index (χ2n) is 7.07. The Hall–Kier alpha value is -3.01. The lowest BCUT2D eigenvalue weighted by Crippen LogP contribution is -2.54. The SMILES string of the molecule is C#CCN1CCCCC1C(=O)NNC(=O)c1ccc(COc2ccc(Cl)cc2)cc1.